The summed E-state index contributed by atoms with van der Waals surface area (Å²) in [5.41, 5.74) is 5.33. The highest BCUT2D eigenvalue weighted by Gasteiger charge is 1.94. The molecule has 0 aliphatic heterocycles. The van der Waals surface area contributed by atoms with E-state index in [-0.39, 0.29) is 12.6 Å². The molecule has 0 heterocycles. The van der Waals surface area contributed by atoms with Crippen molar-refractivity contribution in [2.45, 2.75) is 39.7 Å². The van der Waals surface area contributed by atoms with Gasteiger partial charge in [-0.25, -0.2) is 0 Å². The zero-order valence-electron chi connectivity index (χ0n) is 6.72. The van der Waals surface area contributed by atoms with E-state index in [0.29, 0.717) is 0 Å². The van der Waals surface area contributed by atoms with Gasteiger partial charge in [0.15, 0.2) is 0 Å². The van der Waals surface area contributed by atoms with Crippen molar-refractivity contribution in [3.63, 3.8) is 0 Å². The van der Waals surface area contributed by atoms with E-state index < -0.39 is 0 Å². The van der Waals surface area contributed by atoms with E-state index in [1.807, 2.05) is 13.8 Å². The minimum atomic E-state index is 0.00463. The van der Waals surface area contributed by atoms with Crippen LogP contribution in [-0.2, 0) is 0 Å². The van der Waals surface area contributed by atoms with Crippen molar-refractivity contribution in [1.29, 1.82) is 0 Å². The number of aliphatic hydroxyl groups is 1. The molecule has 0 aromatic heterocycles. The molecular weight excluding hydrogens is 114 g/mol. The van der Waals surface area contributed by atoms with E-state index in [2.05, 4.69) is 6.92 Å². The van der Waals surface area contributed by atoms with Gasteiger partial charge in [-0.3, -0.25) is 0 Å². The maximum Gasteiger partial charge on any atom is 0.0582 e. The number of nitrogens with two attached hydrogens (primary N) is 1. The molecule has 0 fully saturated rings. The molecular formula is C7H19NO. The lowest BCUT2D eigenvalue weighted by Gasteiger charge is -2.02. The normalized spacial score (nSPS) is 11.7. The first kappa shape index (κ1) is 11.7. The summed E-state index contributed by atoms with van der Waals surface area (Å²) in [5, 5.41) is 8.34. The zero-order valence-corrected chi connectivity index (χ0v) is 6.72. The van der Waals surface area contributed by atoms with Crippen LogP contribution in [0.4, 0.5) is 0 Å². The van der Waals surface area contributed by atoms with Crippen LogP contribution in [0.5, 0.6) is 0 Å². The number of rotatable bonds is 3. The average molecular weight is 133 g/mol. The fraction of sp³-hybridized carbons (Fsp3) is 1.00. The third-order valence-electron chi connectivity index (χ3n) is 0.894. The van der Waals surface area contributed by atoms with Crippen LogP contribution in [0.1, 0.15) is 33.6 Å². The third-order valence-corrected chi connectivity index (χ3v) is 0.894. The Hall–Kier alpha value is -0.0800. The first-order valence-electron chi connectivity index (χ1n) is 3.67. The number of hydrogen-bond acceptors (Lipinski definition) is 2. The van der Waals surface area contributed by atoms with Crippen molar-refractivity contribution in [3.05, 3.63) is 0 Å². The summed E-state index contributed by atoms with van der Waals surface area (Å²) in [6, 6.07) is 0.00463. The fourth-order valence-electron chi connectivity index (χ4n) is 0.462. The summed E-state index contributed by atoms with van der Waals surface area (Å²) >= 11 is 0. The molecule has 3 N–H and O–H groups in total. The van der Waals surface area contributed by atoms with Crippen molar-refractivity contribution in [3.8, 4) is 0 Å². The minimum Gasteiger partial charge on any atom is -0.395 e. The van der Waals surface area contributed by atoms with Crippen LogP contribution < -0.4 is 5.73 Å². The molecule has 0 aromatic rings. The predicted octanol–water partition coefficient (Wildman–Crippen LogP) is 1.13. The highest BCUT2D eigenvalue weighted by Crippen LogP contribution is 1.89. The Balaban J connectivity index is 0. The monoisotopic (exact) mass is 133 g/mol. The van der Waals surface area contributed by atoms with Crippen LogP contribution in [0.2, 0.25) is 0 Å². The second-order valence-electron chi connectivity index (χ2n) is 1.73. The van der Waals surface area contributed by atoms with E-state index in [1.165, 1.54) is 0 Å². The van der Waals surface area contributed by atoms with Crippen LogP contribution in [0.15, 0.2) is 0 Å². The highest BCUT2D eigenvalue weighted by atomic mass is 16.3. The Bertz CT molecular complexity index is 39.9. The van der Waals surface area contributed by atoms with Gasteiger partial charge >= 0.3 is 0 Å². The summed E-state index contributed by atoms with van der Waals surface area (Å²) in [5.74, 6) is 0. The van der Waals surface area contributed by atoms with Gasteiger partial charge < -0.3 is 10.8 Å². The standard InChI is InChI=1S/C5H13NO.C2H6/c1-2-3-5(6)4-7;1-2/h5,7H,2-4,6H2,1H3;1-2H3. The van der Waals surface area contributed by atoms with E-state index in [0.717, 1.165) is 12.8 Å². The van der Waals surface area contributed by atoms with E-state index in [9.17, 15) is 0 Å². The van der Waals surface area contributed by atoms with Crippen molar-refractivity contribution in [2.24, 2.45) is 5.73 Å². The van der Waals surface area contributed by atoms with Gasteiger partial charge in [0, 0.05) is 6.04 Å². The maximum atomic E-state index is 8.34. The molecule has 0 aliphatic carbocycles. The van der Waals surface area contributed by atoms with Crippen LogP contribution in [-0.4, -0.2) is 17.8 Å². The maximum absolute atomic E-state index is 8.34. The highest BCUT2D eigenvalue weighted by molar-refractivity contribution is 4.55. The van der Waals surface area contributed by atoms with Gasteiger partial charge in [0.2, 0.25) is 0 Å². The average Bonchev–Trinajstić information content (AvgIpc) is 1.93. The second-order valence-corrected chi connectivity index (χ2v) is 1.73. The SMILES string of the molecule is CC.CCCC(N)CO. The summed E-state index contributed by atoms with van der Waals surface area (Å²) in [4.78, 5) is 0. The molecule has 0 saturated carbocycles. The van der Waals surface area contributed by atoms with Crippen LogP contribution in [0.25, 0.3) is 0 Å². The van der Waals surface area contributed by atoms with E-state index >= 15 is 0 Å². The molecule has 9 heavy (non-hydrogen) atoms. The topological polar surface area (TPSA) is 46.2 Å². The molecule has 2 nitrogen and oxygen atoms in total. The lowest BCUT2D eigenvalue weighted by atomic mass is 10.2. The predicted molar refractivity (Wildman–Crippen MR) is 41.3 cm³/mol. The first-order valence-corrected chi connectivity index (χ1v) is 3.67. The van der Waals surface area contributed by atoms with Gasteiger partial charge in [0.1, 0.15) is 0 Å². The number of aliphatic hydroxyl groups excluding tert-OH is 1. The quantitative estimate of drug-likeness (QED) is 0.606. The summed E-state index contributed by atoms with van der Waals surface area (Å²) < 4.78 is 0. The molecule has 0 spiro atoms. The van der Waals surface area contributed by atoms with Crippen molar-refractivity contribution < 1.29 is 5.11 Å². The number of hydrogen-bond donors (Lipinski definition) is 2. The van der Waals surface area contributed by atoms with Crippen LogP contribution in [0, 0.1) is 0 Å². The van der Waals surface area contributed by atoms with Gasteiger partial charge in [0.05, 0.1) is 6.61 Å². The molecule has 0 amide bonds. The van der Waals surface area contributed by atoms with Gasteiger partial charge in [-0.1, -0.05) is 27.2 Å². The molecule has 0 aliphatic rings. The summed E-state index contributed by atoms with van der Waals surface area (Å²) in [6.45, 7) is 6.17. The fourth-order valence-corrected chi connectivity index (χ4v) is 0.462. The van der Waals surface area contributed by atoms with Gasteiger partial charge in [-0.05, 0) is 6.42 Å². The Morgan fingerprint density at radius 1 is 1.44 bits per heavy atom. The Morgan fingerprint density at radius 3 is 2.00 bits per heavy atom. The molecule has 0 bridgehead atoms. The molecule has 1 unspecified atom stereocenters. The van der Waals surface area contributed by atoms with Gasteiger partial charge in [-0.2, -0.15) is 0 Å². The lowest BCUT2D eigenvalue weighted by molar-refractivity contribution is 0.259. The van der Waals surface area contributed by atoms with Crippen molar-refractivity contribution in [1.82, 2.24) is 0 Å². The molecule has 0 rings (SSSR count). The molecule has 0 radical (unpaired) electrons. The Morgan fingerprint density at radius 2 is 1.89 bits per heavy atom. The van der Waals surface area contributed by atoms with Crippen molar-refractivity contribution >= 4 is 0 Å². The second kappa shape index (κ2) is 10.8. The smallest absolute Gasteiger partial charge is 0.0582 e. The third kappa shape index (κ3) is 11.5. The Kier molecular flexibility index (Phi) is 14.0. The van der Waals surface area contributed by atoms with E-state index in [1.54, 1.807) is 0 Å². The van der Waals surface area contributed by atoms with Crippen LogP contribution in [0.3, 0.4) is 0 Å². The molecule has 58 valence electrons. The summed E-state index contributed by atoms with van der Waals surface area (Å²) in [6.07, 6.45) is 1.98. The van der Waals surface area contributed by atoms with E-state index in [4.69, 9.17) is 10.8 Å². The zero-order chi connectivity index (χ0) is 7.70. The van der Waals surface area contributed by atoms with Crippen molar-refractivity contribution in [2.75, 3.05) is 6.61 Å². The first-order chi connectivity index (χ1) is 4.31. The van der Waals surface area contributed by atoms with Crippen LogP contribution >= 0.6 is 0 Å². The van der Waals surface area contributed by atoms with Gasteiger partial charge in [-0.15, -0.1) is 0 Å². The lowest BCUT2D eigenvalue weighted by Crippen LogP contribution is -2.23. The largest absolute Gasteiger partial charge is 0.395 e. The summed E-state index contributed by atoms with van der Waals surface area (Å²) in [7, 11) is 0. The molecule has 0 aromatic carbocycles. The Labute approximate surface area is 58.1 Å². The molecule has 1 atom stereocenters. The molecule has 2 heteroatoms. The van der Waals surface area contributed by atoms with Gasteiger partial charge in [0.25, 0.3) is 0 Å². The minimum absolute atomic E-state index is 0.00463. The molecule has 0 saturated heterocycles.